The number of carbonyl (C=O) groups is 1. The van der Waals surface area contributed by atoms with E-state index in [2.05, 4.69) is 36.5 Å². The summed E-state index contributed by atoms with van der Waals surface area (Å²) in [6.45, 7) is 11.1. The Kier molecular flexibility index (Phi) is 5.39. The van der Waals surface area contributed by atoms with Gasteiger partial charge in [-0.1, -0.05) is 13.8 Å². The molecule has 1 saturated carbocycles. The van der Waals surface area contributed by atoms with Crippen LogP contribution in [0.15, 0.2) is 0 Å². The van der Waals surface area contributed by atoms with Crippen LogP contribution >= 0.6 is 0 Å². The summed E-state index contributed by atoms with van der Waals surface area (Å²) in [5.41, 5.74) is 3.49. The minimum absolute atomic E-state index is 0.143. The van der Waals surface area contributed by atoms with E-state index in [0.29, 0.717) is 24.9 Å². The Hall–Kier alpha value is -1.36. The first kappa shape index (κ1) is 16.0. The van der Waals surface area contributed by atoms with Crippen LogP contribution in [0.4, 0.5) is 0 Å². The van der Waals surface area contributed by atoms with Gasteiger partial charge in [0.15, 0.2) is 0 Å². The first-order valence-corrected chi connectivity index (χ1v) is 8.00. The maximum absolute atomic E-state index is 11.8. The number of aryl methyl sites for hydroxylation is 2. The minimum Gasteiger partial charge on any atom is -0.353 e. The highest BCUT2D eigenvalue weighted by molar-refractivity contribution is 5.76. The molecular weight excluding hydrogens is 264 g/mol. The Labute approximate surface area is 127 Å². The fourth-order valence-electron chi connectivity index (χ4n) is 2.43. The fraction of sp³-hybridized carbons (Fsp3) is 0.750. The SMILES string of the molecule is Cc1nn(CCC(=O)NC2CC2)c(C)c1CNCC(C)C. The van der Waals surface area contributed by atoms with Gasteiger partial charge < -0.3 is 10.6 Å². The number of nitrogens with zero attached hydrogens (tertiary/aromatic N) is 2. The Balaban J connectivity index is 1.86. The van der Waals surface area contributed by atoms with Crippen molar-refractivity contribution in [3.8, 4) is 0 Å². The molecule has 118 valence electrons. The van der Waals surface area contributed by atoms with Crippen molar-refractivity contribution in [1.82, 2.24) is 20.4 Å². The van der Waals surface area contributed by atoms with Gasteiger partial charge in [-0.2, -0.15) is 5.10 Å². The van der Waals surface area contributed by atoms with Crippen LogP contribution < -0.4 is 10.6 Å². The molecule has 2 N–H and O–H groups in total. The number of carbonyl (C=O) groups excluding carboxylic acids is 1. The van der Waals surface area contributed by atoms with Crippen molar-refractivity contribution in [1.29, 1.82) is 0 Å². The van der Waals surface area contributed by atoms with Gasteiger partial charge in [0.2, 0.25) is 5.91 Å². The van der Waals surface area contributed by atoms with E-state index >= 15 is 0 Å². The predicted octanol–water partition coefficient (Wildman–Crippen LogP) is 1.91. The summed E-state index contributed by atoms with van der Waals surface area (Å²) in [6, 6.07) is 0.439. The number of hydrogen-bond donors (Lipinski definition) is 2. The summed E-state index contributed by atoms with van der Waals surface area (Å²) in [5.74, 6) is 0.788. The average molecular weight is 292 g/mol. The van der Waals surface area contributed by atoms with E-state index in [1.54, 1.807) is 0 Å². The van der Waals surface area contributed by atoms with E-state index in [9.17, 15) is 4.79 Å². The normalized spacial score (nSPS) is 14.7. The number of rotatable bonds is 8. The Morgan fingerprint density at radius 3 is 2.71 bits per heavy atom. The molecule has 5 heteroatoms. The third kappa shape index (κ3) is 4.84. The molecule has 2 rings (SSSR count). The Morgan fingerprint density at radius 2 is 2.10 bits per heavy atom. The Bertz CT molecular complexity index is 489. The van der Waals surface area contributed by atoms with E-state index < -0.39 is 0 Å². The monoisotopic (exact) mass is 292 g/mol. The molecular formula is C16H28N4O. The molecule has 5 nitrogen and oxygen atoms in total. The molecule has 0 bridgehead atoms. The highest BCUT2D eigenvalue weighted by atomic mass is 16.1. The number of nitrogens with one attached hydrogen (secondary N) is 2. The van der Waals surface area contributed by atoms with Gasteiger partial charge in [0.25, 0.3) is 0 Å². The van der Waals surface area contributed by atoms with Gasteiger partial charge >= 0.3 is 0 Å². The zero-order chi connectivity index (χ0) is 15.4. The van der Waals surface area contributed by atoms with Crippen molar-refractivity contribution < 1.29 is 4.79 Å². The van der Waals surface area contributed by atoms with Crippen molar-refractivity contribution in [2.75, 3.05) is 6.54 Å². The second kappa shape index (κ2) is 7.07. The van der Waals surface area contributed by atoms with Crippen molar-refractivity contribution in [3.05, 3.63) is 17.0 Å². The molecule has 0 aliphatic heterocycles. The second-order valence-corrected chi connectivity index (χ2v) is 6.49. The van der Waals surface area contributed by atoms with E-state index in [-0.39, 0.29) is 5.91 Å². The largest absolute Gasteiger partial charge is 0.353 e. The van der Waals surface area contributed by atoms with E-state index in [1.807, 2.05) is 11.6 Å². The van der Waals surface area contributed by atoms with Crippen molar-refractivity contribution in [3.63, 3.8) is 0 Å². The van der Waals surface area contributed by atoms with Gasteiger partial charge in [-0.15, -0.1) is 0 Å². The second-order valence-electron chi connectivity index (χ2n) is 6.49. The molecule has 1 fully saturated rings. The molecule has 0 atom stereocenters. The average Bonchev–Trinajstić information content (AvgIpc) is 3.17. The summed E-state index contributed by atoms with van der Waals surface area (Å²) >= 11 is 0. The van der Waals surface area contributed by atoms with Gasteiger partial charge in [0, 0.05) is 36.8 Å². The zero-order valence-corrected chi connectivity index (χ0v) is 13.7. The summed E-state index contributed by atoms with van der Waals surface area (Å²) in [6.07, 6.45) is 2.78. The summed E-state index contributed by atoms with van der Waals surface area (Å²) in [7, 11) is 0. The molecule has 0 saturated heterocycles. The molecule has 1 heterocycles. The smallest absolute Gasteiger partial charge is 0.222 e. The first-order chi connectivity index (χ1) is 9.97. The van der Waals surface area contributed by atoms with Crippen molar-refractivity contribution in [2.24, 2.45) is 5.92 Å². The van der Waals surface area contributed by atoms with Gasteiger partial charge in [-0.05, 0) is 39.2 Å². The minimum atomic E-state index is 0.143. The lowest BCUT2D eigenvalue weighted by Gasteiger charge is -2.08. The lowest BCUT2D eigenvalue weighted by atomic mass is 10.2. The number of amides is 1. The lowest BCUT2D eigenvalue weighted by Crippen LogP contribution is -2.26. The third-order valence-electron chi connectivity index (χ3n) is 3.88. The van der Waals surface area contributed by atoms with Crippen molar-refractivity contribution in [2.45, 2.75) is 66.1 Å². The van der Waals surface area contributed by atoms with Crippen LogP contribution in [-0.2, 0) is 17.9 Å². The molecule has 0 spiro atoms. The van der Waals surface area contributed by atoms with Gasteiger partial charge in [-0.25, -0.2) is 0 Å². The molecule has 1 amide bonds. The van der Waals surface area contributed by atoms with Crippen LogP contribution in [0.5, 0.6) is 0 Å². The number of hydrogen-bond acceptors (Lipinski definition) is 3. The van der Waals surface area contributed by atoms with Crippen LogP contribution in [0.1, 0.15) is 50.1 Å². The third-order valence-corrected chi connectivity index (χ3v) is 3.88. The standard InChI is InChI=1S/C16H28N4O/c1-11(2)9-17-10-15-12(3)19-20(13(15)4)8-7-16(21)18-14-5-6-14/h11,14,17H,5-10H2,1-4H3,(H,18,21). The van der Waals surface area contributed by atoms with Crippen LogP contribution in [0.25, 0.3) is 0 Å². The van der Waals surface area contributed by atoms with Crippen LogP contribution in [0, 0.1) is 19.8 Å². The molecule has 1 aromatic rings. The lowest BCUT2D eigenvalue weighted by molar-refractivity contribution is -0.121. The van der Waals surface area contributed by atoms with Gasteiger partial charge in [0.1, 0.15) is 0 Å². The van der Waals surface area contributed by atoms with E-state index in [4.69, 9.17) is 0 Å². The highest BCUT2D eigenvalue weighted by Crippen LogP contribution is 2.19. The first-order valence-electron chi connectivity index (χ1n) is 8.00. The van der Waals surface area contributed by atoms with Gasteiger partial charge in [-0.3, -0.25) is 9.48 Å². The maximum atomic E-state index is 11.8. The molecule has 1 aliphatic rings. The Morgan fingerprint density at radius 1 is 1.38 bits per heavy atom. The molecule has 0 radical (unpaired) electrons. The van der Waals surface area contributed by atoms with Crippen LogP contribution in [0.2, 0.25) is 0 Å². The van der Waals surface area contributed by atoms with Crippen LogP contribution in [-0.4, -0.2) is 28.3 Å². The van der Waals surface area contributed by atoms with E-state index in [0.717, 1.165) is 31.6 Å². The zero-order valence-electron chi connectivity index (χ0n) is 13.7. The van der Waals surface area contributed by atoms with Gasteiger partial charge in [0.05, 0.1) is 5.69 Å². The summed E-state index contributed by atoms with van der Waals surface area (Å²) < 4.78 is 1.97. The van der Waals surface area contributed by atoms with Crippen LogP contribution in [0.3, 0.4) is 0 Å². The fourth-order valence-corrected chi connectivity index (χ4v) is 2.43. The molecule has 1 aromatic heterocycles. The summed E-state index contributed by atoms with van der Waals surface area (Å²) in [5, 5.41) is 11.1. The van der Waals surface area contributed by atoms with E-state index in [1.165, 1.54) is 11.3 Å². The molecule has 0 unspecified atom stereocenters. The summed E-state index contributed by atoms with van der Waals surface area (Å²) in [4.78, 5) is 11.8. The topological polar surface area (TPSA) is 59.0 Å². The molecule has 21 heavy (non-hydrogen) atoms. The highest BCUT2D eigenvalue weighted by Gasteiger charge is 2.23. The molecule has 0 aromatic carbocycles. The predicted molar refractivity (Wildman–Crippen MR) is 84.0 cm³/mol. The maximum Gasteiger partial charge on any atom is 0.222 e. The quantitative estimate of drug-likeness (QED) is 0.769. The van der Waals surface area contributed by atoms with Crippen molar-refractivity contribution >= 4 is 5.91 Å². The molecule has 1 aliphatic carbocycles. The number of aromatic nitrogens is 2.